The van der Waals surface area contributed by atoms with Gasteiger partial charge in [0.05, 0.1) is 13.5 Å². The summed E-state index contributed by atoms with van der Waals surface area (Å²) >= 11 is 0. The summed E-state index contributed by atoms with van der Waals surface area (Å²) < 4.78 is 15.2. The maximum Gasteiger partial charge on any atom is 0.408 e. The summed E-state index contributed by atoms with van der Waals surface area (Å²) in [5.74, 6) is -2.91. The quantitative estimate of drug-likeness (QED) is 0.187. The van der Waals surface area contributed by atoms with Crippen LogP contribution in [-0.4, -0.2) is 66.2 Å². The van der Waals surface area contributed by atoms with Crippen molar-refractivity contribution in [3.8, 4) is 0 Å². The molecule has 1 aromatic heterocycles. The van der Waals surface area contributed by atoms with E-state index in [0.29, 0.717) is 0 Å². The second kappa shape index (κ2) is 14.7. The average molecular weight is 581 g/mol. The number of aromatic nitrogens is 1. The summed E-state index contributed by atoms with van der Waals surface area (Å²) in [7, 11) is 1.18. The van der Waals surface area contributed by atoms with Gasteiger partial charge in [0.15, 0.2) is 0 Å². The van der Waals surface area contributed by atoms with Gasteiger partial charge in [0.1, 0.15) is 30.8 Å². The highest BCUT2D eigenvalue weighted by molar-refractivity contribution is 5.95. The number of hydrogen-bond donors (Lipinski definition) is 4. The number of nitrogens with one attached hydrogen (secondary N) is 4. The van der Waals surface area contributed by atoms with Crippen LogP contribution < -0.4 is 16.0 Å². The molecule has 0 unspecified atom stereocenters. The van der Waals surface area contributed by atoms with Crippen molar-refractivity contribution in [2.75, 3.05) is 13.7 Å². The highest BCUT2D eigenvalue weighted by Gasteiger charge is 2.31. The van der Waals surface area contributed by atoms with Gasteiger partial charge in [-0.25, -0.2) is 4.79 Å². The van der Waals surface area contributed by atoms with Crippen molar-refractivity contribution in [2.24, 2.45) is 0 Å². The Labute approximate surface area is 243 Å². The van der Waals surface area contributed by atoms with Gasteiger partial charge >= 0.3 is 18.0 Å². The van der Waals surface area contributed by atoms with Crippen molar-refractivity contribution in [2.45, 2.75) is 57.9 Å². The van der Waals surface area contributed by atoms with E-state index in [1.54, 1.807) is 51.2 Å². The maximum atomic E-state index is 13.5. The third-order valence-corrected chi connectivity index (χ3v) is 5.99. The first-order valence-electron chi connectivity index (χ1n) is 13.3. The molecule has 12 nitrogen and oxygen atoms in total. The van der Waals surface area contributed by atoms with Crippen molar-refractivity contribution in [1.82, 2.24) is 20.9 Å². The van der Waals surface area contributed by atoms with Crippen molar-refractivity contribution in [3.63, 3.8) is 0 Å². The number of benzene rings is 2. The maximum absolute atomic E-state index is 13.5. The van der Waals surface area contributed by atoms with Crippen LogP contribution in [-0.2, 0) is 46.4 Å². The van der Waals surface area contributed by atoms with E-state index in [9.17, 15) is 24.0 Å². The minimum Gasteiger partial charge on any atom is -0.468 e. The molecule has 3 amide bonds. The van der Waals surface area contributed by atoms with Crippen LogP contribution in [0.25, 0.3) is 10.9 Å². The van der Waals surface area contributed by atoms with Gasteiger partial charge in [-0.05, 0) is 38.0 Å². The molecule has 0 aliphatic rings. The van der Waals surface area contributed by atoms with Gasteiger partial charge < -0.3 is 35.1 Å². The SMILES string of the molecule is COC(=O)CNC(=O)[C@H](Cc1c[nH]c2ccccc12)NC(=O)[C@H](CC(=O)OCc1ccccc1)NC(=O)OC(C)(C)C. The summed E-state index contributed by atoms with van der Waals surface area (Å²) in [6, 6.07) is 13.8. The molecule has 2 atom stereocenters. The number of fused-ring (bicyclic) bond motifs is 1. The minimum atomic E-state index is -1.43. The normalized spacial score (nSPS) is 12.5. The monoisotopic (exact) mass is 580 g/mol. The zero-order valence-electron chi connectivity index (χ0n) is 24.0. The van der Waals surface area contributed by atoms with Gasteiger partial charge in [0.2, 0.25) is 11.8 Å². The Morgan fingerprint density at radius 2 is 1.55 bits per heavy atom. The second-order valence-corrected chi connectivity index (χ2v) is 10.5. The Bertz CT molecular complexity index is 1400. The van der Waals surface area contributed by atoms with Gasteiger partial charge in [-0.1, -0.05) is 48.5 Å². The van der Waals surface area contributed by atoms with Gasteiger partial charge in [-0.3, -0.25) is 19.2 Å². The van der Waals surface area contributed by atoms with Crippen LogP contribution >= 0.6 is 0 Å². The van der Waals surface area contributed by atoms with Crippen LogP contribution in [0.1, 0.15) is 38.3 Å². The smallest absolute Gasteiger partial charge is 0.408 e. The first kappa shape index (κ1) is 31.7. The molecule has 0 radical (unpaired) electrons. The lowest BCUT2D eigenvalue weighted by Gasteiger charge is -2.25. The molecule has 0 fully saturated rings. The molecule has 224 valence electrons. The number of methoxy groups -OCH3 is 1. The first-order valence-corrected chi connectivity index (χ1v) is 13.3. The number of rotatable bonds is 12. The molecule has 42 heavy (non-hydrogen) atoms. The molecule has 12 heteroatoms. The number of hydrogen-bond acceptors (Lipinski definition) is 8. The lowest BCUT2D eigenvalue weighted by molar-refractivity contribution is -0.147. The number of amides is 3. The standard InChI is InChI=1S/C30H36N4O8/c1-30(2,3)42-29(39)34-24(15-25(35)41-18-19-10-6-5-7-11-19)28(38)33-23(27(37)32-17-26(36)40-4)14-20-16-31-22-13-9-8-12-21(20)22/h5-13,16,23-24,31H,14-15,17-18H2,1-4H3,(H,32,37)(H,33,38)(H,34,39)/t23-,24-/m0/s1. The van der Waals surface area contributed by atoms with E-state index in [-0.39, 0.29) is 13.0 Å². The topological polar surface area (TPSA) is 165 Å². The Kier molecular flexibility index (Phi) is 11.1. The Hall–Kier alpha value is -4.87. The molecule has 0 spiro atoms. The molecule has 0 aliphatic heterocycles. The summed E-state index contributed by atoms with van der Waals surface area (Å²) in [6.45, 7) is 4.51. The number of aromatic amines is 1. The van der Waals surface area contributed by atoms with E-state index in [1.165, 1.54) is 7.11 Å². The molecule has 3 aromatic rings. The molecule has 0 bridgehead atoms. The lowest BCUT2D eigenvalue weighted by Crippen LogP contribution is -2.55. The predicted octanol–water partition coefficient (Wildman–Crippen LogP) is 2.51. The highest BCUT2D eigenvalue weighted by Crippen LogP contribution is 2.19. The molecule has 1 heterocycles. The van der Waals surface area contributed by atoms with Crippen molar-refractivity contribution in [1.29, 1.82) is 0 Å². The van der Waals surface area contributed by atoms with E-state index in [1.807, 2.05) is 30.3 Å². The van der Waals surface area contributed by atoms with E-state index >= 15 is 0 Å². The average Bonchev–Trinajstić information content (AvgIpc) is 3.36. The predicted molar refractivity (Wildman–Crippen MR) is 153 cm³/mol. The first-order chi connectivity index (χ1) is 19.9. The molecular formula is C30H36N4O8. The van der Waals surface area contributed by atoms with E-state index in [4.69, 9.17) is 9.47 Å². The van der Waals surface area contributed by atoms with Gasteiger partial charge in [-0.15, -0.1) is 0 Å². The molecular weight excluding hydrogens is 544 g/mol. The molecule has 3 rings (SSSR count). The number of carbonyl (C=O) groups is 5. The van der Waals surface area contributed by atoms with Crippen molar-refractivity contribution < 1.29 is 38.2 Å². The minimum absolute atomic E-state index is 0.0282. The fraction of sp³-hybridized carbons (Fsp3) is 0.367. The molecule has 0 aliphatic carbocycles. The van der Waals surface area contributed by atoms with Crippen molar-refractivity contribution in [3.05, 3.63) is 71.9 Å². The van der Waals surface area contributed by atoms with Crippen LogP contribution in [0.3, 0.4) is 0 Å². The van der Waals surface area contributed by atoms with E-state index < -0.39 is 60.5 Å². The van der Waals surface area contributed by atoms with Crippen LogP contribution in [0.4, 0.5) is 4.79 Å². The number of H-pyrrole nitrogens is 1. The Morgan fingerprint density at radius 3 is 2.24 bits per heavy atom. The van der Waals surface area contributed by atoms with Crippen LogP contribution in [0.15, 0.2) is 60.8 Å². The van der Waals surface area contributed by atoms with Gasteiger partial charge in [-0.2, -0.15) is 0 Å². The van der Waals surface area contributed by atoms with E-state index in [0.717, 1.165) is 22.0 Å². The zero-order valence-corrected chi connectivity index (χ0v) is 24.0. The number of alkyl carbamates (subject to hydrolysis) is 1. The van der Waals surface area contributed by atoms with Gasteiger partial charge in [0, 0.05) is 23.5 Å². The number of ether oxygens (including phenoxy) is 3. The molecule has 0 saturated carbocycles. The third kappa shape index (κ3) is 9.95. The molecule has 4 N–H and O–H groups in total. The van der Waals surface area contributed by atoms with E-state index in [2.05, 4.69) is 25.7 Å². The highest BCUT2D eigenvalue weighted by atomic mass is 16.6. The fourth-order valence-corrected chi connectivity index (χ4v) is 3.98. The lowest BCUT2D eigenvalue weighted by atomic mass is 10.0. The summed E-state index contributed by atoms with van der Waals surface area (Å²) in [6.07, 6.45) is 0.304. The number of esters is 2. The Balaban J connectivity index is 1.79. The zero-order chi connectivity index (χ0) is 30.7. The second-order valence-electron chi connectivity index (χ2n) is 10.5. The summed E-state index contributed by atoms with van der Waals surface area (Å²) in [4.78, 5) is 66.6. The van der Waals surface area contributed by atoms with Crippen LogP contribution in [0.2, 0.25) is 0 Å². The summed E-state index contributed by atoms with van der Waals surface area (Å²) in [5, 5.41) is 8.31. The van der Waals surface area contributed by atoms with Crippen LogP contribution in [0.5, 0.6) is 0 Å². The number of carbonyl (C=O) groups excluding carboxylic acids is 5. The molecule has 2 aromatic carbocycles. The largest absolute Gasteiger partial charge is 0.468 e. The fourth-order valence-electron chi connectivity index (χ4n) is 3.98. The Morgan fingerprint density at radius 1 is 0.857 bits per heavy atom. The third-order valence-electron chi connectivity index (χ3n) is 5.99. The van der Waals surface area contributed by atoms with Gasteiger partial charge in [0.25, 0.3) is 0 Å². The van der Waals surface area contributed by atoms with Crippen LogP contribution in [0, 0.1) is 0 Å². The number of para-hydroxylation sites is 1. The van der Waals surface area contributed by atoms with Crippen molar-refractivity contribution >= 4 is 40.7 Å². The molecule has 0 saturated heterocycles. The summed E-state index contributed by atoms with van der Waals surface area (Å²) in [5.41, 5.74) is 1.43.